The summed E-state index contributed by atoms with van der Waals surface area (Å²) in [5.41, 5.74) is 0.171. The number of fused-ring (bicyclic) bond motifs is 1. The van der Waals surface area contributed by atoms with Crippen molar-refractivity contribution in [3.05, 3.63) is 46.2 Å². The molecule has 0 spiro atoms. The summed E-state index contributed by atoms with van der Waals surface area (Å²) in [4.78, 5) is 49.0. The van der Waals surface area contributed by atoms with Crippen molar-refractivity contribution < 1.29 is 23.9 Å². The highest BCUT2D eigenvalue weighted by molar-refractivity contribution is 6.03. The zero-order valence-corrected chi connectivity index (χ0v) is 13.7. The van der Waals surface area contributed by atoms with Gasteiger partial charge >= 0.3 is 11.9 Å². The molecule has 2 rings (SSSR count). The summed E-state index contributed by atoms with van der Waals surface area (Å²) in [6, 6.07) is 7.94. The van der Waals surface area contributed by atoms with Gasteiger partial charge in [0.25, 0.3) is 5.91 Å². The van der Waals surface area contributed by atoms with Gasteiger partial charge < -0.3 is 19.8 Å². The monoisotopic (exact) mass is 346 g/mol. The van der Waals surface area contributed by atoms with Crippen molar-refractivity contribution in [2.45, 2.75) is 12.8 Å². The van der Waals surface area contributed by atoms with Gasteiger partial charge in [-0.25, -0.2) is 4.79 Å². The van der Waals surface area contributed by atoms with Crippen LogP contribution in [0.2, 0.25) is 0 Å². The van der Waals surface area contributed by atoms with Crippen LogP contribution in [0.4, 0.5) is 0 Å². The third-order valence-electron chi connectivity index (χ3n) is 3.41. The molecule has 1 aromatic carbocycles. The molecule has 8 nitrogen and oxygen atoms in total. The first-order chi connectivity index (χ1) is 12.0. The molecule has 25 heavy (non-hydrogen) atoms. The largest absolute Gasteiger partial charge is 0.469 e. The van der Waals surface area contributed by atoms with Crippen LogP contribution < -0.4 is 10.9 Å². The Morgan fingerprint density at radius 3 is 2.72 bits per heavy atom. The summed E-state index contributed by atoms with van der Waals surface area (Å²) in [6.07, 6.45) is 0.612. The van der Waals surface area contributed by atoms with Crippen LogP contribution in [0.25, 0.3) is 10.9 Å². The number of amides is 1. The first kappa shape index (κ1) is 18.2. The molecule has 0 aliphatic rings. The second-order valence-corrected chi connectivity index (χ2v) is 5.20. The molecule has 0 radical (unpaired) electrons. The summed E-state index contributed by atoms with van der Waals surface area (Å²) < 4.78 is 9.44. The van der Waals surface area contributed by atoms with E-state index < -0.39 is 24.0 Å². The van der Waals surface area contributed by atoms with Crippen molar-refractivity contribution in [1.82, 2.24) is 10.3 Å². The van der Waals surface area contributed by atoms with Gasteiger partial charge in [0.2, 0.25) is 5.56 Å². The molecule has 0 unspecified atom stereocenters. The van der Waals surface area contributed by atoms with Crippen molar-refractivity contribution in [2.75, 3.05) is 20.3 Å². The fraction of sp³-hybridized carbons (Fsp3) is 0.294. The van der Waals surface area contributed by atoms with Crippen LogP contribution in [0.3, 0.4) is 0 Å². The molecule has 0 fully saturated rings. The van der Waals surface area contributed by atoms with E-state index in [2.05, 4.69) is 15.0 Å². The van der Waals surface area contributed by atoms with Gasteiger partial charge in [0.05, 0.1) is 12.7 Å². The van der Waals surface area contributed by atoms with E-state index in [4.69, 9.17) is 4.74 Å². The molecule has 1 heterocycles. The molecule has 0 saturated carbocycles. The molecule has 2 aromatic rings. The number of hydrogen-bond acceptors (Lipinski definition) is 6. The number of aromatic nitrogens is 1. The number of para-hydroxylation sites is 1. The number of rotatable bonds is 7. The molecule has 1 aromatic heterocycles. The zero-order valence-electron chi connectivity index (χ0n) is 13.7. The van der Waals surface area contributed by atoms with E-state index in [-0.39, 0.29) is 24.5 Å². The quantitative estimate of drug-likeness (QED) is 0.565. The van der Waals surface area contributed by atoms with E-state index in [1.165, 1.54) is 7.11 Å². The van der Waals surface area contributed by atoms with E-state index in [0.717, 1.165) is 6.07 Å². The Morgan fingerprint density at radius 2 is 1.96 bits per heavy atom. The SMILES string of the molecule is COC(=O)CCCNC(=O)COC(=O)c1cc(=O)[nH]c2ccccc12. The molecule has 8 heteroatoms. The topological polar surface area (TPSA) is 115 Å². The van der Waals surface area contributed by atoms with E-state index in [1.807, 2.05) is 0 Å². The minimum Gasteiger partial charge on any atom is -0.469 e. The fourth-order valence-electron chi connectivity index (χ4n) is 2.20. The number of esters is 2. The van der Waals surface area contributed by atoms with Crippen LogP contribution in [0.5, 0.6) is 0 Å². The van der Waals surface area contributed by atoms with Crippen LogP contribution in [0.1, 0.15) is 23.2 Å². The molecule has 0 aliphatic heterocycles. The van der Waals surface area contributed by atoms with E-state index in [0.29, 0.717) is 17.3 Å². The minimum atomic E-state index is -0.757. The highest BCUT2D eigenvalue weighted by Gasteiger charge is 2.14. The molecule has 0 saturated heterocycles. The van der Waals surface area contributed by atoms with Crippen LogP contribution in [-0.2, 0) is 19.1 Å². The van der Waals surface area contributed by atoms with Crippen molar-refractivity contribution >= 4 is 28.7 Å². The molecule has 1 amide bonds. The number of pyridine rings is 1. The number of benzene rings is 1. The Labute approximate surface area is 143 Å². The maximum absolute atomic E-state index is 12.2. The summed E-state index contributed by atoms with van der Waals surface area (Å²) in [7, 11) is 1.29. The third kappa shape index (κ3) is 5.17. The van der Waals surface area contributed by atoms with Gasteiger partial charge in [0.1, 0.15) is 0 Å². The van der Waals surface area contributed by atoms with Crippen molar-refractivity contribution in [1.29, 1.82) is 0 Å². The molecule has 0 bridgehead atoms. The Hall–Kier alpha value is -3.16. The van der Waals surface area contributed by atoms with Gasteiger partial charge in [-0.2, -0.15) is 0 Å². The first-order valence-corrected chi connectivity index (χ1v) is 7.64. The van der Waals surface area contributed by atoms with E-state index in [9.17, 15) is 19.2 Å². The number of nitrogens with one attached hydrogen (secondary N) is 2. The van der Waals surface area contributed by atoms with Crippen molar-refractivity contribution in [3.8, 4) is 0 Å². The van der Waals surface area contributed by atoms with Crippen LogP contribution in [0, 0.1) is 0 Å². The summed E-state index contributed by atoms with van der Waals surface area (Å²) >= 11 is 0. The Kier molecular flexibility index (Phi) is 6.27. The third-order valence-corrected chi connectivity index (χ3v) is 3.41. The second kappa shape index (κ2) is 8.62. The van der Waals surface area contributed by atoms with Gasteiger partial charge in [0, 0.05) is 29.9 Å². The molecule has 2 N–H and O–H groups in total. The zero-order chi connectivity index (χ0) is 18.2. The lowest BCUT2D eigenvalue weighted by molar-refractivity contribution is -0.140. The fourth-order valence-corrected chi connectivity index (χ4v) is 2.20. The molecule has 132 valence electrons. The maximum Gasteiger partial charge on any atom is 0.339 e. The maximum atomic E-state index is 12.2. The molecule has 0 atom stereocenters. The van der Waals surface area contributed by atoms with E-state index in [1.54, 1.807) is 24.3 Å². The lowest BCUT2D eigenvalue weighted by Gasteiger charge is -2.08. The molecule has 0 aliphatic carbocycles. The van der Waals surface area contributed by atoms with Gasteiger partial charge in [-0.3, -0.25) is 14.4 Å². The number of methoxy groups -OCH3 is 1. The van der Waals surface area contributed by atoms with Gasteiger partial charge in [-0.1, -0.05) is 18.2 Å². The summed E-state index contributed by atoms with van der Waals surface area (Å²) in [5.74, 6) is -1.61. The summed E-state index contributed by atoms with van der Waals surface area (Å²) in [6.45, 7) is -0.211. The summed E-state index contributed by atoms with van der Waals surface area (Å²) in [5, 5.41) is 3.06. The first-order valence-electron chi connectivity index (χ1n) is 7.64. The number of carbonyl (C=O) groups excluding carboxylic acids is 3. The number of carbonyl (C=O) groups is 3. The number of hydrogen-bond donors (Lipinski definition) is 2. The average molecular weight is 346 g/mol. The van der Waals surface area contributed by atoms with Crippen molar-refractivity contribution in [3.63, 3.8) is 0 Å². The number of ether oxygens (including phenoxy) is 2. The predicted octanol–water partition coefficient (Wildman–Crippen LogP) is 0.754. The smallest absolute Gasteiger partial charge is 0.339 e. The lowest BCUT2D eigenvalue weighted by atomic mass is 10.1. The van der Waals surface area contributed by atoms with Gasteiger partial charge in [0.15, 0.2) is 6.61 Å². The average Bonchev–Trinajstić information content (AvgIpc) is 2.62. The highest BCUT2D eigenvalue weighted by Crippen LogP contribution is 2.15. The predicted molar refractivity (Wildman–Crippen MR) is 89.1 cm³/mol. The number of aromatic amines is 1. The molecular formula is C17H18N2O6. The second-order valence-electron chi connectivity index (χ2n) is 5.20. The van der Waals surface area contributed by atoms with Crippen LogP contribution in [0.15, 0.2) is 35.1 Å². The highest BCUT2D eigenvalue weighted by atomic mass is 16.5. The Balaban J connectivity index is 1.89. The van der Waals surface area contributed by atoms with E-state index >= 15 is 0 Å². The van der Waals surface area contributed by atoms with Gasteiger partial charge in [-0.05, 0) is 12.5 Å². The minimum absolute atomic E-state index is 0.0952. The standard InChI is InChI=1S/C17H18N2O6/c1-24-16(22)7-4-8-18-15(21)10-25-17(23)12-9-14(20)19-13-6-3-2-5-11(12)13/h2-3,5-6,9H,4,7-8,10H2,1H3,(H,18,21)(H,19,20). The normalized spacial score (nSPS) is 10.3. The lowest BCUT2D eigenvalue weighted by Crippen LogP contribution is -2.30. The Bertz CT molecular complexity index is 842. The van der Waals surface area contributed by atoms with Gasteiger partial charge in [-0.15, -0.1) is 0 Å². The van der Waals surface area contributed by atoms with Crippen LogP contribution in [-0.4, -0.2) is 43.1 Å². The van der Waals surface area contributed by atoms with Crippen LogP contribution >= 0.6 is 0 Å². The Morgan fingerprint density at radius 1 is 1.20 bits per heavy atom. The number of H-pyrrole nitrogens is 1. The van der Waals surface area contributed by atoms with Crippen molar-refractivity contribution in [2.24, 2.45) is 0 Å². The molecular weight excluding hydrogens is 328 g/mol.